The van der Waals surface area contributed by atoms with Crippen LogP contribution in [0.15, 0.2) is 61.1 Å². The molecule has 1 aliphatic heterocycles. The Bertz CT molecular complexity index is 1030. The van der Waals surface area contributed by atoms with E-state index in [0.717, 1.165) is 31.5 Å². The minimum atomic E-state index is -0.0300. The molecule has 0 N–H and O–H groups in total. The summed E-state index contributed by atoms with van der Waals surface area (Å²) in [5, 5.41) is 0. The van der Waals surface area contributed by atoms with E-state index >= 15 is 0 Å². The first kappa shape index (κ1) is 21.2. The van der Waals surface area contributed by atoms with Crippen molar-refractivity contribution >= 4 is 11.6 Å². The predicted octanol–water partition coefficient (Wildman–Crippen LogP) is 4.72. The maximum atomic E-state index is 13.9. The van der Waals surface area contributed by atoms with Gasteiger partial charge in [-0.05, 0) is 42.4 Å². The Morgan fingerprint density at radius 3 is 2.78 bits per heavy atom. The van der Waals surface area contributed by atoms with Crippen LogP contribution in [0.25, 0.3) is 5.65 Å². The summed E-state index contributed by atoms with van der Waals surface area (Å²) in [7, 11) is 0. The summed E-state index contributed by atoms with van der Waals surface area (Å²) >= 11 is 0. The summed E-state index contributed by atoms with van der Waals surface area (Å²) in [5.41, 5.74) is 3.39. The van der Waals surface area contributed by atoms with E-state index in [1.54, 1.807) is 0 Å². The summed E-state index contributed by atoms with van der Waals surface area (Å²) < 4.78 is 8.01. The highest BCUT2D eigenvalue weighted by atomic mass is 16.5. The second-order valence-corrected chi connectivity index (χ2v) is 9.45. The van der Waals surface area contributed by atoms with Gasteiger partial charge in [0.25, 0.3) is 0 Å². The van der Waals surface area contributed by atoms with Gasteiger partial charge in [-0.3, -0.25) is 4.79 Å². The second-order valence-electron chi connectivity index (χ2n) is 9.45. The number of carbonyl (C=O) groups is 1. The van der Waals surface area contributed by atoms with E-state index in [0.29, 0.717) is 37.5 Å². The van der Waals surface area contributed by atoms with E-state index in [-0.39, 0.29) is 5.92 Å². The molecule has 0 radical (unpaired) electrons. The van der Waals surface area contributed by atoms with Gasteiger partial charge < -0.3 is 14.0 Å². The summed E-state index contributed by atoms with van der Waals surface area (Å²) in [6.07, 6.45) is 12.9. The molecule has 32 heavy (non-hydrogen) atoms. The number of fused-ring (bicyclic) bond motifs is 1. The van der Waals surface area contributed by atoms with Gasteiger partial charge in [0.2, 0.25) is 5.91 Å². The number of hydrogen-bond donors (Lipinski definition) is 0. The highest BCUT2D eigenvalue weighted by Gasteiger charge is 2.35. The van der Waals surface area contributed by atoms with Crippen LogP contribution in [0.5, 0.6) is 0 Å². The molecule has 168 valence electrons. The smallest absolute Gasteiger partial charge is 0.230 e. The van der Waals surface area contributed by atoms with E-state index in [1.807, 2.05) is 18.5 Å². The van der Waals surface area contributed by atoms with Crippen molar-refractivity contribution in [2.24, 2.45) is 11.8 Å². The molecule has 1 aliphatic carbocycles. The van der Waals surface area contributed by atoms with Gasteiger partial charge in [0, 0.05) is 37.6 Å². The molecule has 3 aromatic rings. The van der Waals surface area contributed by atoms with Gasteiger partial charge in [-0.1, -0.05) is 55.7 Å². The van der Waals surface area contributed by atoms with E-state index in [9.17, 15) is 4.79 Å². The van der Waals surface area contributed by atoms with Crippen LogP contribution < -0.4 is 0 Å². The van der Waals surface area contributed by atoms with E-state index in [4.69, 9.17) is 4.74 Å². The number of benzene rings is 1. The summed E-state index contributed by atoms with van der Waals surface area (Å²) in [5.74, 6) is 1.01. The highest BCUT2D eigenvalue weighted by molar-refractivity contribution is 5.84. The lowest BCUT2D eigenvalue weighted by Crippen LogP contribution is -2.41. The quantitative estimate of drug-likeness (QED) is 0.587. The zero-order chi connectivity index (χ0) is 21.8. The number of hydrogen-bond acceptors (Lipinski definition) is 3. The number of pyridine rings is 1. The maximum absolute atomic E-state index is 13.9. The lowest BCUT2D eigenvalue weighted by molar-refractivity contribution is -0.135. The average molecular weight is 432 g/mol. The number of ether oxygens (including phenoxy) is 1. The lowest BCUT2D eigenvalue weighted by atomic mass is 9.76. The number of nitrogens with zero attached hydrogens (tertiary/aromatic N) is 3. The van der Waals surface area contributed by atoms with Crippen molar-refractivity contribution in [1.29, 1.82) is 0 Å². The predicted molar refractivity (Wildman–Crippen MR) is 126 cm³/mol. The van der Waals surface area contributed by atoms with Gasteiger partial charge in [-0.25, -0.2) is 4.98 Å². The van der Waals surface area contributed by atoms with Gasteiger partial charge in [0.1, 0.15) is 5.65 Å². The zero-order valence-corrected chi connectivity index (χ0v) is 18.7. The minimum Gasteiger partial charge on any atom is -0.379 e. The summed E-state index contributed by atoms with van der Waals surface area (Å²) in [6, 6.07) is 14.7. The first-order valence-corrected chi connectivity index (χ1v) is 12.1. The normalized spacial score (nSPS) is 21.4. The van der Waals surface area contributed by atoms with Crippen LogP contribution in [0.3, 0.4) is 0 Å². The molecule has 0 bridgehead atoms. The molecule has 2 aliphatic rings. The van der Waals surface area contributed by atoms with Crippen molar-refractivity contribution < 1.29 is 9.53 Å². The lowest BCUT2D eigenvalue weighted by Gasteiger charge is -2.34. The Balaban J connectivity index is 1.34. The molecule has 3 heterocycles. The van der Waals surface area contributed by atoms with E-state index < -0.39 is 0 Å². The third-order valence-electron chi connectivity index (χ3n) is 7.17. The minimum absolute atomic E-state index is 0.0300. The second kappa shape index (κ2) is 9.86. The van der Waals surface area contributed by atoms with Crippen molar-refractivity contribution in [2.75, 3.05) is 26.3 Å². The van der Waals surface area contributed by atoms with Crippen LogP contribution in [0.4, 0.5) is 0 Å². The molecule has 1 aromatic carbocycles. The van der Waals surface area contributed by atoms with Crippen LogP contribution in [-0.2, 0) is 16.0 Å². The molecule has 0 spiro atoms. The van der Waals surface area contributed by atoms with Crippen molar-refractivity contribution in [3.05, 3.63) is 72.2 Å². The van der Waals surface area contributed by atoms with E-state index in [1.165, 1.54) is 30.4 Å². The fourth-order valence-corrected chi connectivity index (χ4v) is 5.57. The summed E-state index contributed by atoms with van der Waals surface area (Å²) in [6.45, 7) is 2.77. The van der Waals surface area contributed by atoms with Crippen molar-refractivity contribution in [1.82, 2.24) is 14.3 Å². The molecule has 1 saturated carbocycles. The van der Waals surface area contributed by atoms with Gasteiger partial charge in [0.05, 0.1) is 19.1 Å². The zero-order valence-electron chi connectivity index (χ0n) is 18.7. The van der Waals surface area contributed by atoms with Gasteiger partial charge in [-0.2, -0.15) is 0 Å². The van der Waals surface area contributed by atoms with E-state index in [2.05, 4.69) is 56.9 Å². The number of aromatic nitrogens is 2. The summed E-state index contributed by atoms with van der Waals surface area (Å²) in [4.78, 5) is 20.4. The molecule has 1 amide bonds. The SMILES string of the molecule is O=C([C@H](c1ccccc1)C1CCCCC1)N1CCOC[C@H](Cc2ccc3nccn3c2)C1. The van der Waals surface area contributed by atoms with Crippen LogP contribution in [0, 0.1) is 11.8 Å². The Morgan fingerprint density at radius 2 is 1.94 bits per heavy atom. The Labute approximate surface area is 190 Å². The molecule has 2 fully saturated rings. The van der Waals surface area contributed by atoms with Gasteiger partial charge in [0.15, 0.2) is 0 Å². The molecule has 5 heteroatoms. The van der Waals surface area contributed by atoms with Crippen LogP contribution in [0.1, 0.15) is 49.1 Å². The molecule has 1 saturated heterocycles. The Kier molecular flexibility index (Phi) is 6.54. The molecule has 2 atom stereocenters. The van der Waals surface area contributed by atoms with Crippen LogP contribution >= 0.6 is 0 Å². The topological polar surface area (TPSA) is 46.8 Å². The fourth-order valence-electron chi connectivity index (χ4n) is 5.57. The molecule has 5 nitrogen and oxygen atoms in total. The van der Waals surface area contributed by atoms with Crippen LogP contribution in [-0.4, -0.2) is 46.5 Å². The number of imidazole rings is 1. The molecular formula is C27H33N3O2. The van der Waals surface area contributed by atoms with Crippen LogP contribution in [0.2, 0.25) is 0 Å². The Morgan fingerprint density at radius 1 is 1.09 bits per heavy atom. The van der Waals surface area contributed by atoms with Gasteiger partial charge in [-0.15, -0.1) is 0 Å². The first-order chi connectivity index (χ1) is 15.8. The monoisotopic (exact) mass is 431 g/mol. The highest BCUT2D eigenvalue weighted by Crippen LogP contribution is 2.37. The third-order valence-corrected chi connectivity index (χ3v) is 7.17. The third kappa shape index (κ3) is 4.73. The van der Waals surface area contributed by atoms with Gasteiger partial charge >= 0.3 is 0 Å². The number of carbonyl (C=O) groups excluding carboxylic acids is 1. The first-order valence-electron chi connectivity index (χ1n) is 12.1. The van der Waals surface area contributed by atoms with Crippen molar-refractivity contribution in [3.63, 3.8) is 0 Å². The fraction of sp³-hybridized carbons (Fsp3) is 0.481. The maximum Gasteiger partial charge on any atom is 0.230 e. The standard InChI is InChI=1S/C27H33N3O2/c31-27(26(23-7-3-1-4-8-23)24-9-5-2-6-10-24)30-15-16-32-20-22(19-30)17-21-11-12-25-28-13-14-29(25)18-21/h1,3-4,7-8,11-14,18,22,24,26H,2,5-6,9-10,15-17,19-20H2/t22-,26-/m1/s1. The van der Waals surface area contributed by atoms with Crippen molar-refractivity contribution in [3.8, 4) is 0 Å². The molecule has 0 unspecified atom stereocenters. The largest absolute Gasteiger partial charge is 0.379 e. The average Bonchev–Trinajstić information content (AvgIpc) is 3.18. The molecule has 5 rings (SSSR count). The molecule has 2 aromatic heterocycles. The number of amides is 1. The number of rotatable bonds is 5. The van der Waals surface area contributed by atoms with Crippen molar-refractivity contribution in [2.45, 2.75) is 44.4 Å². The molecular weight excluding hydrogens is 398 g/mol. The Hall–Kier alpha value is -2.66.